The molecular weight excluding hydrogens is 355 g/mol. The summed E-state index contributed by atoms with van der Waals surface area (Å²) < 4.78 is 38.8. The molecule has 2 aromatic heterocycles. The molecule has 0 saturated carbocycles. The Morgan fingerprint density at radius 3 is 2.59 bits per heavy atom. The molecule has 0 atom stereocenters. The smallest absolute Gasteiger partial charge is 0.370 e. The fourth-order valence-corrected chi connectivity index (χ4v) is 2.46. The first kappa shape index (κ1) is 18.3. The molecule has 0 unspecified atom stereocenters. The third kappa shape index (κ3) is 4.79. The Bertz CT molecular complexity index is 965. The molecule has 0 aliphatic rings. The largest absolute Gasteiger partial charge is 0.416 e. The lowest BCUT2D eigenvalue weighted by molar-refractivity contribution is -0.137. The van der Waals surface area contributed by atoms with Crippen molar-refractivity contribution in [1.29, 1.82) is 5.26 Å². The summed E-state index contributed by atoms with van der Waals surface area (Å²) in [7, 11) is 0. The monoisotopic (exact) mass is 369 g/mol. The average Bonchev–Trinajstić information content (AvgIpc) is 2.68. The zero-order valence-corrected chi connectivity index (χ0v) is 14.0. The van der Waals surface area contributed by atoms with Crippen LogP contribution in [0.15, 0.2) is 54.7 Å². The van der Waals surface area contributed by atoms with Crippen molar-refractivity contribution < 1.29 is 13.2 Å². The molecule has 0 bridgehead atoms. The van der Waals surface area contributed by atoms with Crippen LogP contribution in [0.2, 0.25) is 0 Å². The van der Waals surface area contributed by atoms with Crippen molar-refractivity contribution in [3.63, 3.8) is 0 Å². The van der Waals surface area contributed by atoms with E-state index in [-0.39, 0.29) is 17.1 Å². The molecule has 3 rings (SSSR count). The normalized spacial score (nSPS) is 11.0. The number of benzene rings is 1. The highest BCUT2D eigenvalue weighted by molar-refractivity contribution is 5.64. The van der Waals surface area contributed by atoms with E-state index in [4.69, 9.17) is 5.26 Å². The van der Waals surface area contributed by atoms with Crippen molar-refractivity contribution in [2.24, 2.45) is 0 Å². The van der Waals surface area contributed by atoms with Gasteiger partial charge in [-0.25, -0.2) is 9.97 Å². The van der Waals surface area contributed by atoms with E-state index >= 15 is 0 Å². The standard InChI is InChI=1S/C19H14F3N5/c20-19(21,22)14-5-3-4-13(10-14)16-11-17(27-18(12-23)26-16)25-9-7-15-6-1-2-8-24-15/h1-6,8,10-11H,7,9H2,(H,25,26,27). The number of nitriles is 1. The van der Waals surface area contributed by atoms with Gasteiger partial charge in [0.25, 0.3) is 0 Å². The van der Waals surface area contributed by atoms with Gasteiger partial charge in [-0.2, -0.15) is 18.4 Å². The zero-order valence-electron chi connectivity index (χ0n) is 14.0. The Morgan fingerprint density at radius 2 is 1.89 bits per heavy atom. The van der Waals surface area contributed by atoms with E-state index in [0.717, 1.165) is 17.8 Å². The molecule has 136 valence electrons. The lowest BCUT2D eigenvalue weighted by Crippen LogP contribution is -2.09. The number of aromatic nitrogens is 3. The molecular formula is C19H14F3N5. The second kappa shape index (κ2) is 7.83. The molecule has 0 fully saturated rings. The van der Waals surface area contributed by atoms with E-state index < -0.39 is 11.7 Å². The van der Waals surface area contributed by atoms with Crippen molar-refractivity contribution >= 4 is 5.82 Å². The molecule has 8 heteroatoms. The van der Waals surface area contributed by atoms with Crippen LogP contribution in [0.1, 0.15) is 17.1 Å². The number of nitrogens with zero attached hydrogens (tertiary/aromatic N) is 4. The van der Waals surface area contributed by atoms with E-state index in [1.165, 1.54) is 18.2 Å². The van der Waals surface area contributed by atoms with Gasteiger partial charge < -0.3 is 5.32 Å². The minimum Gasteiger partial charge on any atom is -0.370 e. The summed E-state index contributed by atoms with van der Waals surface area (Å²) in [6, 6.07) is 13.7. The molecule has 0 aliphatic heterocycles. The number of nitrogens with one attached hydrogen (secondary N) is 1. The first-order valence-electron chi connectivity index (χ1n) is 8.06. The molecule has 3 aromatic rings. The molecule has 1 aromatic carbocycles. The fourth-order valence-electron chi connectivity index (χ4n) is 2.46. The van der Waals surface area contributed by atoms with Crippen LogP contribution in [0.25, 0.3) is 11.3 Å². The molecule has 5 nitrogen and oxygen atoms in total. The second-order valence-electron chi connectivity index (χ2n) is 5.65. The van der Waals surface area contributed by atoms with Gasteiger partial charge in [-0.1, -0.05) is 18.2 Å². The Balaban J connectivity index is 1.83. The summed E-state index contributed by atoms with van der Waals surface area (Å²) in [6.45, 7) is 0.501. The number of hydrogen-bond acceptors (Lipinski definition) is 5. The number of hydrogen-bond donors (Lipinski definition) is 1. The second-order valence-corrected chi connectivity index (χ2v) is 5.65. The number of anilines is 1. The Kier molecular flexibility index (Phi) is 5.31. The Labute approximate surface area is 153 Å². The fraction of sp³-hybridized carbons (Fsp3) is 0.158. The molecule has 1 N–H and O–H groups in total. The maximum atomic E-state index is 12.9. The van der Waals surface area contributed by atoms with Crippen LogP contribution in [-0.4, -0.2) is 21.5 Å². The van der Waals surface area contributed by atoms with Crippen molar-refractivity contribution in [3.05, 3.63) is 71.8 Å². The van der Waals surface area contributed by atoms with Crippen LogP contribution in [0.3, 0.4) is 0 Å². The van der Waals surface area contributed by atoms with Gasteiger partial charge in [0.15, 0.2) is 0 Å². The molecule has 0 aliphatic carbocycles. The zero-order chi connectivity index (χ0) is 19.3. The third-order valence-corrected chi connectivity index (χ3v) is 3.73. The third-order valence-electron chi connectivity index (χ3n) is 3.73. The Morgan fingerprint density at radius 1 is 1.04 bits per heavy atom. The van der Waals surface area contributed by atoms with E-state index in [1.54, 1.807) is 6.20 Å². The number of alkyl halides is 3. The number of pyridine rings is 1. The summed E-state index contributed by atoms with van der Waals surface area (Å²) in [5.41, 5.74) is 0.615. The van der Waals surface area contributed by atoms with E-state index in [2.05, 4.69) is 20.3 Å². The van der Waals surface area contributed by atoms with Gasteiger partial charge in [0, 0.05) is 36.5 Å². The minimum absolute atomic E-state index is 0.120. The highest BCUT2D eigenvalue weighted by Gasteiger charge is 2.30. The van der Waals surface area contributed by atoms with Crippen LogP contribution < -0.4 is 5.32 Å². The highest BCUT2D eigenvalue weighted by atomic mass is 19.4. The maximum Gasteiger partial charge on any atom is 0.416 e. The summed E-state index contributed by atoms with van der Waals surface area (Å²) in [6.07, 6.45) is -2.13. The van der Waals surface area contributed by atoms with Crippen molar-refractivity contribution in [2.45, 2.75) is 12.6 Å². The van der Waals surface area contributed by atoms with E-state index in [1.807, 2.05) is 24.3 Å². The van der Waals surface area contributed by atoms with E-state index in [0.29, 0.717) is 18.8 Å². The number of rotatable bonds is 5. The van der Waals surface area contributed by atoms with E-state index in [9.17, 15) is 13.2 Å². The van der Waals surface area contributed by atoms with Gasteiger partial charge in [-0.15, -0.1) is 0 Å². The molecule has 0 amide bonds. The average molecular weight is 369 g/mol. The van der Waals surface area contributed by atoms with Gasteiger partial charge in [-0.05, 0) is 24.3 Å². The highest BCUT2D eigenvalue weighted by Crippen LogP contribution is 2.32. The predicted molar refractivity (Wildman–Crippen MR) is 93.6 cm³/mol. The number of halogens is 3. The minimum atomic E-state index is -4.45. The lowest BCUT2D eigenvalue weighted by Gasteiger charge is -2.10. The van der Waals surface area contributed by atoms with Gasteiger partial charge in [0.1, 0.15) is 11.9 Å². The van der Waals surface area contributed by atoms with Crippen LogP contribution >= 0.6 is 0 Å². The molecule has 0 radical (unpaired) electrons. The summed E-state index contributed by atoms with van der Waals surface area (Å²) in [4.78, 5) is 12.3. The van der Waals surface area contributed by atoms with Crippen molar-refractivity contribution in [3.8, 4) is 17.3 Å². The van der Waals surface area contributed by atoms with Gasteiger partial charge in [0.05, 0.1) is 11.3 Å². The van der Waals surface area contributed by atoms with Crippen molar-refractivity contribution in [1.82, 2.24) is 15.0 Å². The summed E-state index contributed by atoms with van der Waals surface area (Å²) in [5.74, 6) is 0.246. The van der Waals surface area contributed by atoms with Gasteiger partial charge >= 0.3 is 6.18 Å². The van der Waals surface area contributed by atoms with Crippen LogP contribution in [-0.2, 0) is 12.6 Å². The summed E-state index contributed by atoms with van der Waals surface area (Å²) in [5, 5.41) is 12.2. The first-order chi connectivity index (χ1) is 13.0. The van der Waals surface area contributed by atoms with Crippen LogP contribution in [0, 0.1) is 11.3 Å². The topological polar surface area (TPSA) is 74.5 Å². The van der Waals surface area contributed by atoms with Crippen LogP contribution in [0.5, 0.6) is 0 Å². The molecule has 0 saturated heterocycles. The van der Waals surface area contributed by atoms with Gasteiger partial charge in [0.2, 0.25) is 5.82 Å². The quantitative estimate of drug-likeness (QED) is 0.733. The lowest BCUT2D eigenvalue weighted by atomic mass is 10.1. The molecule has 27 heavy (non-hydrogen) atoms. The molecule has 0 spiro atoms. The first-order valence-corrected chi connectivity index (χ1v) is 8.06. The predicted octanol–water partition coefficient (Wildman–Crippen LogP) is 4.08. The summed E-state index contributed by atoms with van der Waals surface area (Å²) >= 11 is 0. The maximum absolute atomic E-state index is 12.9. The van der Waals surface area contributed by atoms with Crippen molar-refractivity contribution in [2.75, 3.05) is 11.9 Å². The van der Waals surface area contributed by atoms with Gasteiger partial charge in [-0.3, -0.25) is 4.98 Å². The SMILES string of the molecule is N#Cc1nc(NCCc2ccccn2)cc(-c2cccc(C(F)(F)F)c2)n1. The Hall–Kier alpha value is -3.47. The molecule has 2 heterocycles. The van der Waals surface area contributed by atoms with Crippen LogP contribution in [0.4, 0.5) is 19.0 Å².